The molecule has 0 radical (unpaired) electrons. The van der Waals surface area contributed by atoms with Crippen LogP contribution in [0.5, 0.6) is 0 Å². The molecule has 5 nitrogen and oxygen atoms in total. The molecule has 0 aliphatic heterocycles. The minimum Gasteiger partial charge on any atom is -0.381 e. The molecule has 1 N–H and O–H groups in total. The molecule has 2 aliphatic rings. The first kappa shape index (κ1) is 22.8. The number of hydrogen-bond donors (Lipinski definition) is 1. The van der Waals surface area contributed by atoms with Gasteiger partial charge in [-0.1, -0.05) is 30.3 Å². The molecule has 3 aromatic heterocycles. The van der Waals surface area contributed by atoms with Crippen LogP contribution in [0.2, 0.25) is 0 Å². The van der Waals surface area contributed by atoms with Crippen LogP contribution in [0, 0.1) is 6.92 Å². The number of pyridine rings is 2. The molecule has 1 aromatic carbocycles. The Morgan fingerprint density at radius 1 is 1.06 bits per heavy atom. The summed E-state index contributed by atoms with van der Waals surface area (Å²) in [6, 6.07) is 15.3. The molecule has 0 amide bonds. The average molecular weight is 490 g/mol. The van der Waals surface area contributed by atoms with Gasteiger partial charge in [-0.3, -0.25) is 4.98 Å². The van der Waals surface area contributed by atoms with Gasteiger partial charge in [-0.25, -0.2) is 9.67 Å². The predicted molar refractivity (Wildman–Crippen MR) is 132 cm³/mol. The van der Waals surface area contributed by atoms with Gasteiger partial charge in [0.15, 0.2) is 11.5 Å². The average Bonchev–Trinajstić information content (AvgIpc) is 3.47. The van der Waals surface area contributed by atoms with Crippen LogP contribution in [0.3, 0.4) is 0 Å². The van der Waals surface area contributed by atoms with Crippen molar-refractivity contribution in [3.63, 3.8) is 0 Å². The van der Waals surface area contributed by atoms with Crippen LogP contribution >= 0.6 is 0 Å². The van der Waals surface area contributed by atoms with Crippen molar-refractivity contribution in [1.82, 2.24) is 19.7 Å². The maximum absolute atomic E-state index is 13.0. The van der Waals surface area contributed by atoms with Gasteiger partial charge in [0.05, 0.1) is 5.69 Å². The Labute approximate surface area is 207 Å². The Balaban J connectivity index is 1.24. The Morgan fingerprint density at radius 3 is 2.61 bits per heavy atom. The molecule has 0 unspecified atom stereocenters. The van der Waals surface area contributed by atoms with Gasteiger partial charge in [0, 0.05) is 35.4 Å². The largest absolute Gasteiger partial charge is 0.435 e. The highest BCUT2D eigenvalue weighted by Gasteiger charge is 2.34. The number of benzene rings is 1. The number of nitrogens with one attached hydrogen (secondary N) is 1. The maximum Gasteiger partial charge on any atom is 0.435 e. The quantitative estimate of drug-likeness (QED) is 0.330. The molecule has 0 saturated heterocycles. The van der Waals surface area contributed by atoms with E-state index in [0.717, 1.165) is 42.3 Å². The lowest BCUT2D eigenvalue weighted by Gasteiger charge is -2.15. The van der Waals surface area contributed by atoms with E-state index in [0.29, 0.717) is 24.0 Å². The number of anilines is 1. The molecule has 184 valence electrons. The van der Waals surface area contributed by atoms with Crippen LogP contribution in [0.25, 0.3) is 17.1 Å². The summed E-state index contributed by atoms with van der Waals surface area (Å²) in [6.45, 7) is 2.14. The minimum absolute atomic E-state index is 0.357. The second kappa shape index (κ2) is 8.76. The number of hydrogen-bond acceptors (Lipinski definition) is 4. The van der Waals surface area contributed by atoms with Gasteiger partial charge >= 0.3 is 6.18 Å². The van der Waals surface area contributed by atoms with Crippen molar-refractivity contribution in [2.45, 2.75) is 57.7 Å². The Morgan fingerprint density at radius 2 is 1.89 bits per heavy atom. The molecule has 2 aliphatic carbocycles. The molecular formula is C28H26F3N5. The van der Waals surface area contributed by atoms with Crippen LogP contribution < -0.4 is 5.32 Å². The minimum atomic E-state index is -4.48. The van der Waals surface area contributed by atoms with Crippen molar-refractivity contribution in [1.29, 1.82) is 0 Å². The molecule has 1 fully saturated rings. The number of nitrogens with zero attached hydrogens (tertiary/aromatic N) is 4. The number of rotatable bonds is 6. The molecule has 1 saturated carbocycles. The van der Waals surface area contributed by atoms with Crippen molar-refractivity contribution >= 4 is 5.69 Å². The standard InChI is InChI=1S/C28H26F3N5/c1-17-13-26(28(29,30)31)35-36(17)27-12-9-18(16-33-27)15-32-24-14-25(34-23-8-4-7-22(23)24)21-6-3-2-5-20(21)19-10-11-19/h2-3,5-6,9,12-14,16,19H,4,7-8,10-11,15H2,1H3,(H,32,34). The number of aromatic nitrogens is 4. The van der Waals surface area contributed by atoms with E-state index in [-0.39, 0.29) is 0 Å². The van der Waals surface area contributed by atoms with Gasteiger partial charge in [0.2, 0.25) is 0 Å². The van der Waals surface area contributed by atoms with E-state index >= 15 is 0 Å². The summed E-state index contributed by atoms with van der Waals surface area (Å²) in [4.78, 5) is 9.41. The fourth-order valence-electron chi connectivity index (χ4n) is 5.01. The van der Waals surface area contributed by atoms with Crippen molar-refractivity contribution in [3.05, 3.63) is 88.5 Å². The first-order valence-corrected chi connectivity index (χ1v) is 12.3. The first-order valence-electron chi connectivity index (χ1n) is 12.3. The van der Waals surface area contributed by atoms with Gasteiger partial charge in [-0.15, -0.1) is 0 Å². The zero-order chi connectivity index (χ0) is 24.9. The van der Waals surface area contributed by atoms with Crippen LogP contribution in [0.1, 0.15) is 59.0 Å². The van der Waals surface area contributed by atoms with Crippen LogP contribution in [-0.2, 0) is 25.6 Å². The number of halogens is 3. The van der Waals surface area contributed by atoms with E-state index in [1.165, 1.54) is 39.9 Å². The Kier molecular flexibility index (Phi) is 5.54. The third-order valence-corrected chi connectivity index (χ3v) is 6.99. The third-order valence-electron chi connectivity index (χ3n) is 6.99. The van der Waals surface area contributed by atoms with Crippen LogP contribution in [-0.4, -0.2) is 19.7 Å². The summed E-state index contributed by atoms with van der Waals surface area (Å²) in [5, 5.41) is 7.26. The number of fused-ring (bicyclic) bond motifs is 1. The first-order chi connectivity index (χ1) is 17.4. The summed E-state index contributed by atoms with van der Waals surface area (Å²) < 4.78 is 40.3. The van der Waals surface area contributed by atoms with Crippen molar-refractivity contribution in [3.8, 4) is 17.1 Å². The lowest BCUT2D eigenvalue weighted by Crippen LogP contribution is -2.09. The molecule has 0 bridgehead atoms. The molecule has 8 heteroatoms. The topological polar surface area (TPSA) is 55.6 Å². The van der Waals surface area contributed by atoms with Crippen molar-refractivity contribution in [2.75, 3.05) is 5.32 Å². The number of alkyl halides is 3. The lowest BCUT2D eigenvalue weighted by molar-refractivity contribution is -0.141. The molecule has 4 aromatic rings. The Hall–Kier alpha value is -3.68. The van der Waals surface area contributed by atoms with Crippen molar-refractivity contribution < 1.29 is 13.2 Å². The van der Waals surface area contributed by atoms with Gasteiger partial charge < -0.3 is 5.32 Å². The summed E-state index contributed by atoms with van der Waals surface area (Å²) in [5.41, 5.74) is 7.56. The molecule has 36 heavy (non-hydrogen) atoms. The summed E-state index contributed by atoms with van der Waals surface area (Å²) >= 11 is 0. The zero-order valence-corrected chi connectivity index (χ0v) is 19.9. The second-order valence-electron chi connectivity index (χ2n) is 9.65. The van der Waals surface area contributed by atoms with E-state index < -0.39 is 11.9 Å². The summed E-state index contributed by atoms with van der Waals surface area (Å²) in [6.07, 6.45) is 2.78. The van der Waals surface area contributed by atoms with Crippen LogP contribution in [0.15, 0.2) is 54.7 Å². The van der Waals surface area contributed by atoms with E-state index in [1.807, 2.05) is 6.07 Å². The second-order valence-corrected chi connectivity index (χ2v) is 9.65. The Bertz CT molecular complexity index is 1420. The fraction of sp³-hybridized carbons (Fsp3) is 0.321. The van der Waals surface area contributed by atoms with Gasteiger partial charge in [-0.05, 0) is 79.8 Å². The molecule has 3 heterocycles. The lowest BCUT2D eigenvalue weighted by atomic mass is 9.99. The highest BCUT2D eigenvalue weighted by Crippen LogP contribution is 2.45. The molecular weight excluding hydrogens is 463 g/mol. The highest BCUT2D eigenvalue weighted by molar-refractivity contribution is 5.71. The highest BCUT2D eigenvalue weighted by atomic mass is 19.4. The summed E-state index contributed by atoms with van der Waals surface area (Å²) in [5.74, 6) is 0.999. The maximum atomic E-state index is 13.0. The fourth-order valence-corrected chi connectivity index (χ4v) is 5.01. The SMILES string of the molecule is Cc1cc(C(F)(F)F)nn1-c1ccc(CNc2cc(-c3ccccc3C3CC3)nc3c2CCC3)cn1. The van der Waals surface area contributed by atoms with Gasteiger partial charge in [0.25, 0.3) is 0 Å². The normalized spacial score (nSPS) is 15.2. The summed E-state index contributed by atoms with van der Waals surface area (Å²) in [7, 11) is 0. The molecule has 0 spiro atoms. The third kappa shape index (κ3) is 4.36. The molecule has 0 atom stereocenters. The zero-order valence-electron chi connectivity index (χ0n) is 19.9. The van der Waals surface area contributed by atoms with E-state index in [2.05, 4.69) is 45.7 Å². The van der Waals surface area contributed by atoms with Gasteiger partial charge in [-0.2, -0.15) is 18.3 Å². The van der Waals surface area contributed by atoms with E-state index in [4.69, 9.17) is 4.98 Å². The van der Waals surface area contributed by atoms with Gasteiger partial charge in [0.1, 0.15) is 0 Å². The van der Waals surface area contributed by atoms with Crippen molar-refractivity contribution in [2.24, 2.45) is 0 Å². The number of aryl methyl sites for hydroxylation is 2. The van der Waals surface area contributed by atoms with E-state index in [1.54, 1.807) is 19.2 Å². The smallest absolute Gasteiger partial charge is 0.381 e. The van der Waals surface area contributed by atoms with Crippen LogP contribution in [0.4, 0.5) is 18.9 Å². The molecule has 6 rings (SSSR count). The monoisotopic (exact) mass is 489 g/mol. The van der Waals surface area contributed by atoms with E-state index in [9.17, 15) is 13.2 Å². The predicted octanol–water partition coefficient (Wildman–Crippen LogP) is 6.63.